The van der Waals surface area contributed by atoms with E-state index in [2.05, 4.69) is 30.6 Å². The van der Waals surface area contributed by atoms with Crippen molar-refractivity contribution in [2.75, 3.05) is 6.54 Å². The first-order valence-corrected chi connectivity index (χ1v) is 8.47. The third-order valence-electron chi connectivity index (χ3n) is 4.10. The lowest BCUT2D eigenvalue weighted by atomic mass is 9.88. The van der Waals surface area contributed by atoms with E-state index in [1.54, 1.807) is 0 Å². The zero-order valence-corrected chi connectivity index (χ0v) is 12.7. The summed E-state index contributed by atoms with van der Waals surface area (Å²) in [6.07, 6.45) is 9.80. The first kappa shape index (κ1) is 14.1. The summed E-state index contributed by atoms with van der Waals surface area (Å²) in [6, 6.07) is 3.00. The minimum absolute atomic E-state index is 0.605. The molecule has 1 aromatic heterocycles. The Labute approximate surface area is 116 Å². The van der Waals surface area contributed by atoms with Crippen LogP contribution in [0.15, 0.2) is 11.4 Å². The Morgan fingerprint density at radius 3 is 2.56 bits per heavy atom. The minimum atomic E-state index is 0.605. The highest BCUT2D eigenvalue weighted by Gasteiger charge is 2.24. The molecule has 18 heavy (non-hydrogen) atoms. The molecule has 1 aromatic rings. The standard InChI is InChI=1S/C16H27NS/c1-3-10-17-16(15-11-13(2)18-12-15)14-8-6-4-5-7-9-14/h11-12,14,16-17H,3-10H2,1-2H3. The van der Waals surface area contributed by atoms with Crippen molar-refractivity contribution in [2.24, 2.45) is 5.92 Å². The Morgan fingerprint density at radius 1 is 1.28 bits per heavy atom. The zero-order chi connectivity index (χ0) is 12.8. The molecular formula is C16H27NS. The Morgan fingerprint density at radius 2 is 2.00 bits per heavy atom. The molecule has 0 spiro atoms. The maximum Gasteiger partial charge on any atom is 0.0357 e. The van der Waals surface area contributed by atoms with Gasteiger partial charge in [0.05, 0.1) is 0 Å². The van der Waals surface area contributed by atoms with Crippen LogP contribution < -0.4 is 5.32 Å². The Bertz CT molecular complexity index is 337. The van der Waals surface area contributed by atoms with Crippen molar-refractivity contribution in [1.82, 2.24) is 5.32 Å². The summed E-state index contributed by atoms with van der Waals surface area (Å²) < 4.78 is 0. The van der Waals surface area contributed by atoms with Gasteiger partial charge < -0.3 is 5.32 Å². The molecule has 0 radical (unpaired) electrons. The van der Waals surface area contributed by atoms with Crippen molar-refractivity contribution >= 4 is 11.3 Å². The highest BCUT2D eigenvalue weighted by molar-refractivity contribution is 7.10. The molecule has 1 unspecified atom stereocenters. The fourth-order valence-electron chi connectivity index (χ4n) is 3.13. The molecule has 1 aliphatic carbocycles. The number of aryl methyl sites for hydroxylation is 1. The van der Waals surface area contributed by atoms with E-state index in [4.69, 9.17) is 0 Å². The van der Waals surface area contributed by atoms with Gasteiger partial charge in [0.25, 0.3) is 0 Å². The van der Waals surface area contributed by atoms with E-state index in [9.17, 15) is 0 Å². The van der Waals surface area contributed by atoms with E-state index < -0.39 is 0 Å². The van der Waals surface area contributed by atoms with Crippen molar-refractivity contribution in [2.45, 2.75) is 64.8 Å². The first-order valence-electron chi connectivity index (χ1n) is 7.59. The predicted octanol–water partition coefficient (Wildman–Crippen LogP) is 5.07. The minimum Gasteiger partial charge on any atom is -0.310 e. The van der Waals surface area contributed by atoms with Gasteiger partial charge in [0, 0.05) is 10.9 Å². The van der Waals surface area contributed by atoms with E-state index >= 15 is 0 Å². The lowest BCUT2D eigenvalue weighted by molar-refractivity contribution is 0.326. The van der Waals surface area contributed by atoms with Crippen LogP contribution in [0.25, 0.3) is 0 Å². The monoisotopic (exact) mass is 265 g/mol. The first-order chi connectivity index (χ1) is 8.81. The summed E-state index contributed by atoms with van der Waals surface area (Å²) in [4.78, 5) is 1.45. The average molecular weight is 265 g/mol. The summed E-state index contributed by atoms with van der Waals surface area (Å²) in [5.41, 5.74) is 1.54. The number of rotatable bonds is 5. The van der Waals surface area contributed by atoms with Crippen LogP contribution in [0.3, 0.4) is 0 Å². The molecule has 0 saturated heterocycles. The highest BCUT2D eigenvalue weighted by Crippen LogP contribution is 2.35. The van der Waals surface area contributed by atoms with Crippen molar-refractivity contribution in [3.05, 3.63) is 21.9 Å². The van der Waals surface area contributed by atoms with E-state index in [0.717, 1.165) is 12.5 Å². The third-order valence-corrected chi connectivity index (χ3v) is 4.98. The Balaban J connectivity index is 2.07. The van der Waals surface area contributed by atoms with Crippen LogP contribution >= 0.6 is 11.3 Å². The Hall–Kier alpha value is -0.340. The molecule has 1 aliphatic rings. The molecule has 1 nitrogen and oxygen atoms in total. The van der Waals surface area contributed by atoms with E-state index in [1.165, 1.54) is 55.4 Å². The number of hydrogen-bond acceptors (Lipinski definition) is 2. The van der Waals surface area contributed by atoms with Gasteiger partial charge in [-0.1, -0.05) is 32.6 Å². The fraction of sp³-hybridized carbons (Fsp3) is 0.750. The van der Waals surface area contributed by atoms with Crippen molar-refractivity contribution < 1.29 is 0 Å². The summed E-state index contributed by atoms with van der Waals surface area (Å²) in [5.74, 6) is 0.855. The van der Waals surface area contributed by atoms with Crippen LogP contribution in [0.5, 0.6) is 0 Å². The number of hydrogen-bond donors (Lipinski definition) is 1. The van der Waals surface area contributed by atoms with E-state index in [1.807, 2.05) is 11.3 Å². The second kappa shape index (κ2) is 7.30. The zero-order valence-electron chi connectivity index (χ0n) is 11.9. The molecule has 0 aliphatic heterocycles. The largest absolute Gasteiger partial charge is 0.310 e. The number of thiophene rings is 1. The molecule has 0 bridgehead atoms. The molecule has 1 saturated carbocycles. The van der Waals surface area contributed by atoms with Gasteiger partial charge >= 0.3 is 0 Å². The smallest absolute Gasteiger partial charge is 0.0357 e. The van der Waals surface area contributed by atoms with E-state index in [-0.39, 0.29) is 0 Å². The quantitative estimate of drug-likeness (QED) is 0.733. The van der Waals surface area contributed by atoms with Crippen LogP contribution in [-0.2, 0) is 0 Å². The molecule has 1 N–H and O–H groups in total. The van der Waals surface area contributed by atoms with Gasteiger partial charge in [0.15, 0.2) is 0 Å². The SMILES string of the molecule is CCCNC(c1csc(C)c1)C1CCCCCC1. The normalized spacial score (nSPS) is 19.7. The maximum atomic E-state index is 3.80. The molecule has 0 aromatic carbocycles. The van der Waals surface area contributed by atoms with Crippen LogP contribution in [0.2, 0.25) is 0 Å². The molecule has 0 amide bonds. The average Bonchev–Trinajstić information content (AvgIpc) is 2.65. The van der Waals surface area contributed by atoms with Crippen LogP contribution in [0, 0.1) is 12.8 Å². The van der Waals surface area contributed by atoms with E-state index in [0.29, 0.717) is 6.04 Å². The molecule has 1 heterocycles. The lowest BCUT2D eigenvalue weighted by Gasteiger charge is -2.27. The van der Waals surface area contributed by atoms with Crippen LogP contribution in [0.1, 0.15) is 68.4 Å². The summed E-state index contributed by atoms with van der Waals surface area (Å²) >= 11 is 1.90. The van der Waals surface area contributed by atoms with Gasteiger partial charge in [-0.05, 0) is 55.7 Å². The molecule has 2 heteroatoms. The molecule has 102 valence electrons. The molecular weight excluding hydrogens is 238 g/mol. The topological polar surface area (TPSA) is 12.0 Å². The second-order valence-electron chi connectivity index (χ2n) is 5.67. The highest BCUT2D eigenvalue weighted by atomic mass is 32.1. The summed E-state index contributed by atoms with van der Waals surface area (Å²) in [5, 5.41) is 6.17. The van der Waals surface area contributed by atoms with Gasteiger partial charge in [-0.25, -0.2) is 0 Å². The van der Waals surface area contributed by atoms with Gasteiger partial charge in [-0.2, -0.15) is 0 Å². The molecule has 1 fully saturated rings. The maximum absolute atomic E-state index is 3.80. The van der Waals surface area contributed by atoms with Gasteiger partial charge in [-0.15, -0.1) is 11.3 Å². The Kier molecular flexibility index (Phi) is 5.71. The second-order valence-corrected chi connectivity index (χ2v) is 6.79. The predicted molar refractivity (Wildman–Crippen MR) is 81.3 cm³/mol. The van der Waals surface area contributed by atoms with Gasteiger partial charge in [0.2, 0.25) is 0 Å². The van der Waals surface area contributed by atoms with Crippen molar-refractivity contribution in [1.29, 1.82) is 0 Å². The van der Waals surface area contributed by atoms with Crippen molar-refractivity contribution in [3.63, 3.8) is 0 Å². The number of nitrogens with one attached hydrogen (secondary N) is 1. The lowest BCUT2D eigenvalue weighted by Crippen LogP contribution is -2.28. The van der Waals surface area contributed by atoms with Crippen LogP contribution in [0.4, 0.5) is 0 Å². The van der Waals surface area contributed by atoms with Crippen molar-refractivity contribution in [3.8, 4) is 0 Å². The van der Waals surface area contributed by atoms with Gasteiger partial charge in [-0.3, -0.25) is 0 Å². The molecule has 1 atom stereocenters. The van der Waals surface area contributed by atoms with Crippen LogP contribution in [-0.4, -0.2) is 6.54 Å². The fourth-order valence-corrected chi connectivity index (χ4v) is 3.87. The molecule has 2 rings (SSSR count). The summed E-state index contributed by atoms with van der Waals surface area (Å²) in [7, 11) is 0. The third kappa shape index (κ3) is 3.83. The van der Waals surface area contributed by atoms with Gasteiger partial charge in [0.1, 0.15) is 0 Å². The summed E-state index contributed by atoms with van der Waals surface area (Å²) in [6.45, 7) is 5.63.